The topological polar surface area (TPSA) is 70.2 Å². The molecule has 2 heterocycles. The lowest BCUT2D eigenvalue weighted by Crippen LogP contribution is -2.22. The molecule has 6 nitrogen and oxygen atoms in total. The highest BCUT2D eigenvalue weighted by Gasteiger charge is 2.13. The average molecular weight is 440 g/mol. The van der Waals surface area contributed by atoms with Gasteiger partial charge in [0.1, 0.15) is 17.2 Å². The second kappa shape index (κ2) is 8.77. The Bertz CT molecular complexity index is 1270. The summed E-state index contributed by atoms with van der Waals surface area (Å²) in [7, 11) is 1.63. The Morgan fingerprint density at radius 1 is 1.23 bits per heavy atom. The van der Waals surface area contributed by atoms with Crippen molar-refractivity contribution >= 4 is 34.3 Å². The molecule has 152 valence electrons. The van der Waals surface area contributed by atoms with Gasteiger partial charge in [0.25, 0.3) is 5.56 Å². The molecular formula is C22H18ClN3O3S. The largest absolute Gasteiger partial charge is 0.497 e. The van der Waals surface area contributed by atoms with E-state index in [1.807, 2.05) is 30.3 Å². The number of ether oxygens (including phenoxy) is 1. The number of rotatable bonds is 7. The van der Waals surface area contributed by atoms with E-state index in [1.54, 1.807) is 36.0 Å². The van der Waals surface area contributed by atoms with Crippen molar-refractivity contribution in [3.05, 3.63) is 82.3 Å². The van der Waals surface area contributed by atoms with Gasteiger partial charge < -0.3 is 9.26 Å². The second-order valence-corrected chi connectivity index (χ2v) is 7.83. The Labute approximate surface area is 182 Å². The van der Waals surface area contributed by atoms with Crippen LogP contribution >= 0.6 is 23.4 Å². The van der Waals surface area contributed by atoms with Crippen molar-refractivity contribution in [1.82, 2.24) is 14.7 Å². The molecular weight excluding hydrogens is 422 g/mol. The number of allylic oxidation sites excluding steroid dienone is 1. The maximum Gasteiger partial charge on any atom is 0.262 e. The Kier molecular flexibility index (Phi) is 5.92. The predicted octanol–water partition coefficient (Wildman–Crippen LogP) is 5.19. The summed E-state index contributed by atoms with van der Waals surface area (Å²) in [5, 5.41) is 5.76. The molecule has 0 aliphatic heterocycles. The minimum Gasteiger partial charge on any atom is -0.497 e. The van der Waals surface area contributed by atoms with Gasteiger partial charge in [0, 0.05) is 23.2 Å². The zero-order valence-corrected chi connectivity index (χ0v) is 17.7. The van der Waals surface area contributed by atoms with Crippen molar-refractivity contribution in [1.29, 1.82) is 0 Å². The monoisotopic (exact) mass is 439 g/mol. The standard InChI is InChI=1S/C22H18ClN3O3S/c1-3-10-26-21(27)18-9-6-15(23)11-20(18)24-22(26)30-13-17-12-19(25-29-17)14-4-7-16(28-2)8-5-14/h3-9,11-12H,1,10,13H2,2H3. The van der Waals surface area contributed by atoms with Crippen LogP contribution in [0, 0.1) is 0 Å². The first kappa shape index (κ1) is 20.3. The molecule has 2 aromatic carbocycles. The number of methoxy groups -OCH3 is 1. The molecule has 0 radical (unpaired) electrons. The SMILES string of the molecule is C=CCn1c(SCc2cc(-c3ccc(OC)cc3)no2)nc2cc(Cl)ccc2c1=O. The summed E-state index contributed by atoms with van der Waals surface area (Å²) < 4.78 is 12.2. The predicted molar refractivity (Wildman–Crippen MR) is 119 cm³/mol. The number of benzene rings is 2. The Hall–Kier alpha value is -3.03. The fourth-order valence-electron chi connectivity index (χ4n) is 2.99. The van der Waals surface area contributed by atoms with Crippen LogP contribution in [-0.4, -0.2) is 21.8 Å². The van der Waals surface area contributed by atoms with Crippen LogP contribution in [0.2, 0.25) is 5.02 Å². The van der Waals surface area contributed by atoms with Crippen molar-refractivity contribution in [2.24, 2.45) is 0 Å². The minimum atomic E-state index is -0.129. The highest BCUT2D eigenvalue weighted by atomic mass is 35.5. The third-order valence-electron chi connectivity index (χ3n) is 4.48. The first-order valence-corrected chi connectivity index (χ1v) is 10.5. The van der Waals surface area contributed by atoms with Crippen molar-refractivity contribution < 1.29 is 9.26 Å². The zero-order valence-electron chi connectivity index (χ0n) is 16.2. The van der Waals surface area contributed by atoms with E-state index in [-0.39, 0.29) is 5.56 Å². The molecule has 0 fully saturated rings. The zero-order chi connectivity index (χ0) is 21.1. The van der Waals surface area contributed by atoms with Gasteiger partial charge in [0.15, 0.2) is 5.16 Å². The number of halogens is 1. The molecule has 8 heteroatoms. The molecule has 30 heavy (non-hydrogen) atoms. The molecule has 4 rings (SSSR count). The van der Waals surface area contributed by atoms with E-state index in [4.69, 9.17) is 20.9 Å². The van der Waals surface area contributed by atoms with Gasteiger partial charge in [0.2, 0.25) is 0 Å². The highest BCUT2D eigenvalue weighted by Crippen LogP contribution is 2.27. The van der Waals surface area contributed by atoms with Crippen LogP contribution in [0.25, 0.3) is 22.2 Å². The number of nitrogens with zero attached hydrogens (tertiary/aromatic N) is 3. The van der Waals surface area contributed by atoms with Gasteiger partial charge in [0.05, 0.1) is 23.8 Å². The van der Waals surface area contributed by atoms with Crippen LogP contribution in [-0.2, 0) is 12.3 Å². The van der Waals surface area contributed by atoms with E-state index in [0.29, 0.717) is 39.1 Å². The maximum atomic E-state index is 12.9. The van der Waals surface area contributed by atoms with E-state index in [1.165, 1.54) is 11.8 Å². The van der Waals surface area contributed by atoms with E-state index in [9.17, 15) is 4.79 Å². The minimum absolute atomic E-state index is 0.129. The maximum absolute atomic E-state index is 12.9. The van der Waals surface area contributed by atoms with E-state index >= 15 is 0 Å². The normalized spacial score (nSPS) is 11.0. The van der Waals surface area contributed by atoms with Gasteiger partial charge in [-0.15, -0.1) is 6.58 Å². The van der Waals surface area contributed by atoms with Crippen LogP contribution < -0.4 is 10.3 Å². The van der Waals surface area contributed by atoms with E-state index < -0.39 is 0 Å². The summed E-state index contributed by atoms with van der Waals surface area (Å²) in [6.07, 6.45) is 1.67. The molecule has 0 saturated carbocycles. The lowest BCUT2D eigenvalue weighted by molar-refractivity contribution is 0.397. The number of hydrogen-bond acceptors (Lipinski definition) is 6. The first-order chi connectivity index (χ1) is 14.6. The van der Waals surface area contributed by atoms with Gasteiger partial charge in [-0.1, -0.05) is 34.6 Å². The van der Waals surface area contributed by atoms with Crippen molar-refractivity contribution in [3.8, 4) is 17.0 Å². The third kappa shape index (κ3) is 4.13. The molecule has 0 saturated heterocycles. The smallest absolute Gasteiger partial charge is 0.262 e. The second-order valence-electron chi connectivity index (χ2n) is 6.46. The van der Waals surface area contributed by atoms with Gasteiger partial charge in [-0.3, -0.25) is 9.36 Å². The lowest BCUT2D eigenvalue weighted by Gasteiger charge is -2.10. The highest BCUT2D eigenvalue weighted by molar-refractivity contribution is 7.98. The quantitative estimate of drug-likeness (QED) is 0.224. The van der Waals surface area contributed by atoms with Gasteiger partial charge in [-0.05, 0) is 42.5 Å². The van der Waals surface area contributed by atoms with Crippen LogP contribution in [0.3, 0.4) is 0 Å². The van der Waals surface area contributed by atoms with Crippen LogP contribution in [0.4, 0.5) is 0 Å². The molecule has 0 atom stereocenters. The third-order valence-corrected chi connectivity index (χ3v) is 5.72. The Morgan fingerprint density at radius 3 is 2.77 bits per heavy atom. The molecule has 0 aliphatic carbocycles. The summed E-state index contributed by atoms with van der Waals surface area (Å²) in [6, 6.07) is 14.5. The summed E-state index contributed by atoms with van der Waals surface area (Å²) >= 11 is 7.47. The lowest BCUT2D eigenvalue weighted by atomic mass is 10.1. The number of thioether (sulfide) groups is 1. The van der Waals surface area contributed by atoms with Crippen molar-refractivity contribution in [2.45, 2.75) is 17.5 Å². The molecule has 0 spiro atoms. The van der Waals surface area contributed by atoms with Crippen LogP contribution in [0.5, 0.6) is 5.75 Å². The molecule has 0 amide bonds. The Morgan fingerprint density at radius 2 is 2.03 bits per heavy atom. The molecule has 0 unspecified atom stereocenters. The van der Waals surface area contributed by atoms with Crippen LogP contribution in [0.15, 0.2) is 75.7 Å². The van der Waals surface area contributed by atoms with E-state index in [0.717, 1.165) is 17.0 Å². The fourth-order valence-corrected chi connectivity index (χ4v) is 4.04. The van der Waals surface area contributed by atoms with Gasteiger partial charge >= 0.3 is 0 Å². The number of hydrogen-bond donors (Lipinski definition) is 0. The molecule has 4 aromatic rings. The number of fused-ring (bicyclic) bond motifs is 1. The van der Waals surface area contributed by atoms with Gasteiger partial charge in [-0.2, -0.15) is 0 Å². The van der Waals surface area contributed by atoms with Crippen LogP contribution in [0.1, 0.15) is 5.76 Å². The summed E-state index contributed by atoms with van der Waals surface area (Å²) in [4.78, 5) is 17.5. The fraction of sp³-hybridized carbons (Fsp3) is 0.136. The van der Waals surface area contributed by atoms with E-state index in [2.05, 4.69) is 16.7 Å². The number of aromatic nitrogens is 3. The molecule has 0 aliphatic rings. The molecule has 0 bridgehead atoms. The Balaban J connectivity index is 1.60. The van der Waals surface area contributed by atoms with Crippen molar-refractivity contribution in [3.63, 3.8) is 0 Å². The first-order valence-electron chi connectivity index (χ1n) is 9.13. The molecule has 2 aromatic heterocycles. The summed E-state index contributed by atoms with van der Waals surface area (Å²) in [5.41, 5.74) is 2.09. The van der Waals surface area contributed by atoms with Gasteiger partial charge in [-0.25, -0.2) is 4.98 Å². The van der Waals surface area contributed by atoms with Crippen molar-refractivity contribution in [2.75, 3.05) is 7.11 Å². The average Bonchev–Trinajstić information content (AvgIpc) is 3.23. The summed E-state index contributed by atoms with van der Waals surface area (Å²) in [6.45, 7) is 4.11. The molecule has 0 N–H and O–H groups in total. The summed E-state index contributed by atoms with van der Waals surface area (Å²) in [5.74, 6) is 1.93.